The highest BCUT2D eigenvalue weighted by Gasteiger charge is 2.07. The molecule has 0 aliphatic rings. The van der Waals surface area contributed by atoms with Crippen molar-refractivity contribution in [2.24, 2.45) is 0 Å². The number of ether oxygens (including phenoxy) is 2. The molecule has 0 saturated heterocycles. The monoisotopic (exact) mass is 285 g/mol. The van der Waals surface area contributed by atoms with Gasteiger partial charge in [-0.1, -0.05) is 24.3 Å². The third-order valence-corrected chi connectivity index (χ3v) is 3.67. The van der Waals surface area contributed by atoms with Crippen LogP contribution >= 0.6 is 0 Å². The first-order valence-corrected chi connectivity index (χ1v) is 7.15. The Balaban J connectivity index is 2.00. The van der Waals surface area contributed by atoms with Crippen molar-refractivity contribution in [2.75, 3.05) is 14.2 Å². The van der Waals surface area contributed by atoms with Crippen molar-refractivity contribution in [3.8, 4) is 11.5 Å². The topological polar surface area (TPSA) is 30.5 Å². The lowest BCUT2D eigenvalue weighted by Gasteiger charge is -2.16. The smallest absolute Gasteiger partial charge is 0.121 e. The highest BCUT2D eigenvalue weighted by molar-refractivity contribution is 5.36. The summed E-state index contributed by atoms with van der Waals surface area (Å²) in [5.74, 6) is 1.82. The number of hydrogen-bond donors (Lipinski definition) is 1. The zero-order valence-electron chi connectivity index (χ0n) is 13.1. The van der Waals surface area contributed by atoms with E-state index in [9.17, 15) is 0 Å². The number of hydrogen-bond acceptors (Lipinski definition) is 3. The van der Waals surface area contributed by atoms with Crippen LogP contribution in [0.15, 0.2) is 42.5 Å². The maximum Gasteiger partial charge on any atom is 0.121 e. The van der Waals surface area contributed by atoms with E-state index < -0.39 is 0 Å². The Kier molecular flexibility index (Phi) is 5.23. The molecule has 0 unspecified atom stereocenters. The van der Waals surface area contributed by atoms with Gasteiger partial charge in [-0.15, -0.1) is 0 Å². The standard InChI is InChI=1S/C18H23NO2/c1-13-10-15(8-9-18(13)21-4)12-19-14(2)16-6-5-7-17(11-16)20-3/h5-11,14,19H,12H2,1-4H3/t14-/m0/s1. The molecule has 3 nitrogen and oxygen atoms in total. The van der Waals surface area contributed by atoms with Gasteiger partial charge >= 0.3 is 0 Å². The van der Waals surface area contributed by atoms with Gasteiger partial charge in [0.05, 0.1) is 14.2 Å². The van der Waals surface area contributed by atoms with Crippen LogP contribution in [0.4, 0.5) is 0 Å². The highest BCUT2D eigenvalue weighted by Crippen LogP contribution is 2.21. The molecule has 0 bridgehead atoms. The number of aryl methyl sites for hydroxylation is 1. The molecule has 0 aromatic heterocycles. The second-order valence-electron chi connectivity index (χ2n) is 5.18. The van der Waals surface area contributed by atoms with Gasteiger partial charge in [0.15, 0.2) is 0 Å². The summed E-state index contributed by atoms with van der Waals surface area (Å²) < 4.78 is 10.6. The van der Waals surface area contributed by atoms with E-state index in [0.717, 1.165) is 23.6 Å². The first-order valence-electron chi connectivity index (χ1n) is 7.15. The van der Waals surface area contributed by atoms with Crippen molar-refractivity contribution < 1.29 is 9.47 Å². The summed E-state index contributed by atoms with van der Waals surface area (Å²) in [5, 5.41) is 3.53. The Bertz CT molecular complexity index is 596. The molecule has 0 aliphatic heterocycles. The Morgan fingerprint density at radius 1 is 1.05 bits per heavy atom. The summed E-state index contributed by atoms with van der Waals surface area (Å²) in [7, 11) is 3.39. The zero-order chi connectivity index (χ0) is 15.2. The lowest BCUT2D eigenvalue weighted by molar-refractivity contribution is 0.411. The van der Waals surface area contributed by atoms with Crippen molar-refractivity contribution in [3.63, 3.8) is 0 Å². The van der Waals surface area contributed by atoms with Gasteiger partial charge < -0.3 is 14.8 Å². The van der Waals surface area contributed by atoms with Gasteiger partial charge in [-0.2, -0.15) is 0 Å². The van der Waals surface area contributed by atoms with E-state index in [-0.39, 0.29) is 6.04 Å². The first-order chi connectivity index (χ1) is 10.1. The van der Waals surface area contributed by atoms with Crippen LogP contribution in [0, 0.1) is 6.92 Å². The van der Waals surface area contributed by atoms with Crippen LogP contribution in [-0.2, 0) is 6.54 Å². The largest absolute Gasteiger partial charge is 0.497 e. The Labute approximate surface area is 126 Å². The molecule has 0 radical (unpaired) electrons. The Morgan fingerprint density at radius 3 is 2.52 bits per heavy atom. The minimum atomic E-state index is 0.266. The molecule has 2 rings (SSSR count). The molecule has 2 aromatic rings. The molecule has 0 spiro atoms. The van der Waals surface area contributed by atoms with Crippen LogP contribution < -0.4 is 14.8 Å². The van der Waals surface area contributed by atoms with Crippen molar-refractivity contribution in [2.45, 2.75) is 26.4 Å². The molecule has 0 saturated carbocycles. The summed E-state index contributed by atoms with van der Waals surface area (Å²) in [6.45, 7) is 5.04. The van der Waals surface area contributed by atoms with Crippen molar-refractivity contribution >= 4 is 0 Å². The van der Waals surface area contributed by atoms with Gasteiger partial charge in [-0.05, 0) is 48.7 Å². The van der Waals surface area contributed by atoms with E-state index in [0.29, 0.717) is 0 Å². The van der Waals surface area contributed by atoms with Crippen LogP contribution in [-0.4, -0.2) is 14.2 Å². The maximum atomic E-state index is 5.29. The lowest BCUT2D eigenvalue weighted by atomic mass is 10.1. The summed E-state index contributed by atoms with van der Waals surface area (Å²) in [5.41, 5.74) is 3.63. The molecule has 112 valence electrons. The average Bonchev–Trinajstić information content (AvgIpc) is 2.52. The molecule has 0 fully saturated rings. The van der Waals surface area contributed by atoms with Crippen molar-refractivity contribution in [1.82, 2.24) is 5.32 Å². The molecular weight excluding hydrogens is 262 g/mol. The molecule has 1 atom stereocenters. The third kappa shape index (κ3) is 3.99. The normalized spacial score (nSPS) is 12.0. The number of nitrogens with one attached hydrogen (secondary N) is 1. The summed E-state index contributed by atoms with van der Waals surface area (Å²) in [4.78, 5) is 0. The van der Waals surface area contributed by atoms with E-state index >= 15 is 0 Å². The number of rotatable bonds is 6. The second-order valence-corrected chi connectivity index (χ2v) is 5.18. The molecule has 0 amide bonds. The average molecular weight is 285 g/mol. The fourth-order valence-corrected chi connectivity index (χ4v) is 2.35. The zero-order valence-corrected chi connectivity index (χ0v) is 13.1. The van der Waals surface area contributed by atoms with Crippen LogP contribution in [0.25, 0.3) is 0 Å². The van der Waals surface area contributed by atoms with Gasteiger partial charge in [0, 0.05) is 12.6 Å². The molecule has 3 heteroatoms. The molecule has 21 heavy (non-hydrogen) atoms. The van der Waals surface area contributed by atoms with Gasteiger partial charge in [0.2, 0.25) is 0 Å². The van der Waals surface area contributed by atoms with Gasteiger partial charge in [0.1, 0.15) is 11.5 Å². The van der Waals surface area contributed by atoms with Crippen molar-refractivity contribution in [1.29, 1.82) is 0 Å². The number of methoxy groups -OCH3 is 2. The predicted molar refractivity (Wildman–Crippen MR) is 86.0 cm³/mol. The number of benzene rings is 2. The highest BCUT2D eigenvalue weighted by atomic mass is 16.5. The first kappa shape index (κ1) is 15.4. The third-order valence-electron chi connectivity index (χ3n) is 3.67. The van der Waals surface area contributed by atoms with E-state index in [4.69, 9.17) is 9.47 Å². The predicted octanol–water partition coefficient (Wildman–Crippen LogP) is 3.86. The van der Waals surface area contributed by atoms with E-state index in [1.165, 1.54) is 11.1 Å². The Morgan fingerprint density at radius 2 is 1.86 bits per heavy atom. The van der Waals surface area contributed by atoms with Crippen LogP contribution in [0.3, 0.4) is 0 Å². The van der Waals surface area contributed by atoms with E-state index in [1.54, 1.807) is 14.2 Å². The quantitative estimate of drug-likeness (QED) is 0.874. The van der Waals surface area contributed by atoms with E-state index in [1.807, 2.05) is 18.2 Å². The van der Waals surface area contributed by atoms with Gasteiger partial charge in [0.25, 0.3) is 0 Å². The van der Waals surface area contributed by atoms with Gasteiger partial charge in [-0.25, -0.2) is 0 Å². The van der Waals surface area contributed by atoms with Crippen LogP contribution in [0.5, 0.6) is 11.5 Å². The molecule has 2 aromatic carbocycles. The van der Waals surface area contributed by atoms with Crippen LogP contribution in [0.2, 0.25) is 0 Å². The lowest BCUT2D eigenvalue weighted by Crippen LogP contribution is -2.18. The summed E-state index contributed by atoms with van der Waals surface area (Å²) >= 11 is 0. The van der Waals surface area contributed by atoms with Gasteiger partial charge in [-0.3, -0.25) is 0 Å². The van der Waals surface area contributed by atoms with Crippen LogP contribution in [0.1, 0.15) is 29.7 Å². The Hall–Kier alpha value is -2.00. The molecule has 0 aliphatic carbocycles. The molecule has 0 heterocycles. The second kappa shape index (κ2) is 7.14. The molecule has 1 N–H and O–H groups in total. The molecular formula is C18H23NO2. The fourth-order valence-electron chi connectivity index (χ4n) is 2.35. The summed E-state index contributed by atoms with van der Waals surface area (Å²) in [6.07, 6.45) is 0. The van der Waals surface area contributed by atoms with Crippen molar-refractivity contribution in [3.05, 3.63) is 59.2 Å². The SMILES string of the molecule is COc1cccc([C@H](C)NCc2ccc(OC)c(C)c2)c1. The fraction of sp³-hybridized carbons (Fsp3) is 0.333. The minimum Gasteiger partial charge on any atom is -0.497 e. The summed E-state index contributed by atoms with van der Waals surface area (Å²) in [6, 6.07) is 14.7. The minimum absolute atomic E-state index is 0.266. The maximum absolute atomic E-state index is 5.29. The van der Waals surface area contributed by atoms with E-state index in [2.05, 4.69) is 43.4 Å².